The summed E-state index contributed by atoms with van der Waals surface area (Å²) in [6, 6.07) is 12.0. The second-order valence-electron chi connectivity index (χ2n) is 6.16. The van der Waals surface area contributed by atoms with Crippen LogP contribution >= 0.6 is 0 Å². The van der Waals surface area contributed by atoms with Gasteiger partial charge in [-0.05, 0) is 31.0 Å². The number of amides is 1. The van der Waals surface area contributed by atoms with Crippen molar-refractivity contribution in [3.05, 3.63) is 69.8 Å². The Balaban J connectivity index is 2.10. The van der Waals surface area contributed by atoms with Gasteiger partial charge in [0.25, 0.3) is 5.69 Å². The molecule has 1 amide bonds. The lowest BCUT2D eigenvalue weighted by Gasteiger charge is -2.20. The van der Waals surface area contributed by atoms with Gasteiger partial charge < -0.3 is 5.32 Å². The fourth-order valence-corrected chi connectivity index (χ4v) is 3.83. The molecule has 2 aromatic carbocycles. The van der Waals surface area contributed by atoms with Crippen molar-refractivity contribution in [2.75, 3.05) is 13.6 Å². The lowest BCUT2D eigenvalue weighted by molar-refractivity contribution is -0.385. The topological polar surface area (TPSA) is 110 Å². The second-order valence-corrected chi connectivity index (χ2v) is 8.21. The summed E-state index contributed by atoms with van der Waals surface area (Å²) >= 11 is 0. The lowest BCUT2D eigenvalue weighted by atomic mass is 10.0. The highest BCUT2D eigenvalue weighted by atomic mass is 32.2. The van der Waals surface area contributed by atoms with Crippen molar-refractivity contribution in [3.8, 4) is 0 Å². The molecule has 8 nitrogen and oxygen atoms in total. The van der Waals surface area contributed by atoms with E-state index in [1.165, 1.54) is 25.2 Å². The van der Waals surface area contributed by atoms with Gasteiger partial charge in [-0.3, -0.25) is 14.9 Å². The minimum absolute atomic E-state index is 0.237. The Labute approximate surface area is 158 Å². The van der Waals surface area contributed by atoms with Crippen molar-refractivity contribution in [2.45, 2.75) is 24.8 Å². The minimum atomic E-state index is -4.03. The summed E-state index contributed by atoms with van der Waals surface area (Å²) in [5.74, 6) is -0.470. The first kappa shape index (κ1) is 20.5. The third-order valence-corrected chi connectivity index (χ3v) is 5.93. The molecule has 0 aliphatic carbocycles. The summed E-state index contributed by atoms with van der Waals surface area (Å²) in [7, 11) is -2.77. The number of sulfonamides is 1. The first-order valence-corrected chi connectivity index (χ1v) is 9.62. The molecule has 144 valence electrons. The molecule has 0 saturated heterocycles. The molecule has 0 saturated carbocycles. The third kappa shape index (κ3) is 4.89. The Kier molecular flexibility index (Phi) is 6.29. The number of rotatable bonds is 7. The van der Waals surface area contributed by atoms with Gasteiger partial charge in [-0.1, -0.05) is 30.3 Å². The van der Waals surface area contributed by atoms with Gasteiger partial charge in [0, 0.05) is 19.2 Å². The van der Waals surface area contributed by atoms with Gasteiger partial charge in [-0.2, -0.15) is 4.31 Å². The molecule has 2 rings (SSSR count). The van der Waals surface area contributed by atoms with E-state index in [4.69, 9.17) is 0 Å². The minimum Gasteiger partial charge on any atom is -0.348 e. The molecular formula is C18H21N3O5S. The van der Waals surface area contributed by atoms with Crippen LogP contribution in [0.2, 0.25) is 0 Å². The van der Waals surface area contributed by atoms with Gasteiger partial charge in [-0.25, -0.2) is 8.42 Å². The van der Waals surface area contributed by atoms with Gasteiger partial charge in [0.2, 0.25) is 15.9 Å². The largest absolute Gasteiger partial charge is 0.348 e. The second kappa shape index (κ2) is 8.28. The van der Waals surface area contributed by atoms with Crippen LogP contribution in [0.4, 0.5) is 5.69 Å². The summed E-state index contributed by atoms with van der Waals surface area (Å²) in [6.07, 6.45) is 0. The molecule has 0 aliphatic rings. The fraction of sp³-hybridized carbons (Fsp3) is 0.278. The van der Waals surface area contributed by atoms with Crippen molar-refractivity contribution in [3.63, 3.8) is 0 Å². The number of hydrogen-bond acceptors (Lipinski definition) is 5. The van der Waals surface area contributed by atoms with Crippen LogP contribution in [-0.2, 0) is 14.8 Å². The van der Waals surface area contributed by atoms with E-state index < -0.39 is 27.4 Å². The van der Waals surface area contributed by atoms with Gasteiger partial charge >= 0.3 is 0 Å². The van der Waals surface area contributed by atoms with Gasteiger partial charge in [-0.15, -0.1) is 0 Å². The smallest absolute Gasteiger partial charge is 0.270 e. The number of benzene rings is 2. The lowest BCUT2D eigenvalue weighted by Crippen LogP contribution is -2.39. The zero-order chi connectivity index (χ0) is 20.2. The predicted octanol–water partition coefficient (Wildman–Crippen LogP) is 2.40. The number of carbonyl (C=O) groups is 1. The summed E-state index contributed by atoms with van der Waals surface area (Å²) in [6.45, 7) is 3.34. The summed E-state index contributed by atoms with van der Waals surface area (Å²) in [5, 5.41) is 13.6. The monoisotopic (exact) mass is 391 g/mol. The number of likely N-dealkylation sites (N-methyl/N-ethyl adjacent to an activating group) is 1. The number of nitrogens with zero attached hydrogens (tertiary/aromatic N) is 2. The maximum Gasteiger partial charge on any atom is 0.270 e. The van der Waals surface area contributed by atoms with Crippen LogP contribution in [0.25, 0.3) is 0 Å². The van der Waals surface area contributed by atoms with Gasteiger partial charge in [0.1, 0.15) is 0 Å². The van der Waals surface area contributed by atoms with Crippen molar-refractivity contribution in [2.24, 2.45) is 0 Å². The van der Waals surface area contributed by atoms with Crippen LogP contribution in [0.1, 0.15) is 24.1 Å². The first-order chi connectivity index (χ1) is 12.6. The molecule has 1 N–H and O–H groups in total. The molecule has 0 spiro atoms. The van der Waals surface area contributed by atoms with E-state index >= 15 is 0 Å². The fourth-order valence-electron chi connectivity index (χ4n) is 2.66. The van der Waals surface area contributed by atoms with Crippen LogP contribution in [0.5, 0.6) is 0 Å². The Morgan fingerprint density at radius 1 is 1.22 bits per heavy atom. The van der Waals surface area contributed by atoms with E-state index in [-0.39, 0.29) is 16.6 Å². The average molecular weight is 391 g/mol. The molecule has 0 aromatic heterocycles. The summed E-state index contributed by atoms with van der Waals surface area (Å²) in [4.78, 5) is 22.2. The van der Waals surface area contributed by atoms with Crippen molar-refractivity contribution in [1.82, 2.24) is 9.62 Å². The number of non-ortho nitro benzene ring substituents is 1. The molecule has 0 radical (unpaired) electrons. The normalized spacial score (nSPS) is 12.6. The number of nitro groups is 1. The molecule has 0 bridgehead atoms. The highest BCUT2D eigenvalue weighted by molar-refractivity contribution is 7.89. The summed E-state index contributed by atoms with van der Waals surface area (Å²) < 4.78 is 26.0. The maximum atomic E-state index is 12.6. The number of aryl methyl sites for hydroxylation is 1. The van der Waals surface area contributed by atoms with E-state index in [0.717, 1.165) is 21.5 Å². The number of hydrogen-bond donors (Lipinski definition) is 1. The SMILES string of the molecule is Cc1ccccc1C(C)NC(=O)CN(C)S(=O)(=O)c1cccc([N+](=O)[O-])c1. The van der Waals surface area contributed by atoms with Crippen LogP contribution in [-0.4, -0.2) is 37.1 Å². The van der Waals surface area contributed by atoms with Crippen LogP contribution in [0, 0.1) is 17.0 Å². The highest BCUT2D eigenvalue weighted by Gasteiger charge is 2.25. The van der Waals surface area contributed by atoms with Gasteiger partial charge in [0.05, 0.1) is 22.4 Å². The van der Waals surface area contributed by atoms with E-state index in [9.17, 15) is 23.3 Å². The predicted molar refractivity (Wildman–Crippen MR) is 101 cm³/mol. The molecule has 1 atom stereocenters. The summed E-state index contributed by atoms with van der Waals surface area (Å²) in [5.41, 5.74) is 1.63. The zero-order valence-corrected chi connectivity index (χ0v) is 16.1. The van der Waals surface area contributed by atoms with Crippen molar-refractivity contribution < 1.29 is 18.1 Å². The van der Waals surface area contributed by atoms with E-state index in [1.807, 2.05) is 38.1 Å². The molecule has 27 heavy (non-hydrogen) atoms. The number of carbonyl (C=O) groups excluding carboxylic acids is 1. The molecule has 9 heteroatoms. The van der Waals surface area contributed by atoms with E-state index in [2.05, 4.69) is 5.32 Å². The Bertz CT molecular complexity index is 959. The Morgan fingerprint density at radius 3 is 2.52 bits per heavy atom. The van der Waals surface area contributed by atoms with E-state index in [1.54, 1.807) is 0 Å². The Morgan fingerprint density at radius 2 is 1.89 bits per heavy atom. The van der Waals surface area contributed by atoms with Crippen LogP contribution in [0.3, 0.4) is 0 Å². The zero-order valence-electron chi connectivity index (χ0n) is 15.2. The first-order valence-electron chi connectivity index (χ1n) is 8.18. The van der Waals surface area contributed by atoms with Crippen LogP contribution < -0.4 is 5.32 Å². The number of nitro benzene ring substituents is 1. The molecule has 0 aliphatic heterocycles. The standard InChI is InChI=1S/C18H21N3O5S/c1-13-7-4-5-10-17(13)14(2)19-18(22)12-20(3)27(25,26)16-9-6-8-15(11-16)21(23)24/h4-11,14H,12H2,1-3H3,(H,19,22). The number of nitrogens with one attached hydrogen (secondary N) is 1. The quantitative estimate of drug-likeness (QED) is 0.576. The van der Waals surface area contributed by atoms with E-state index in [0.29, 0.717) is 0 Å². The van der Waals surface area contributed by atoms with Crippen molar-refractivity contribution in [1.29, 1.82) is 0 Å². The highest BCUT2D eigenvalue weighted by Crippen LogP contribution is 2.20. The molecule has 2 aromatic rings. The molecule has 0 heterocycles. The molecular weight excluding hydrogens is 370 g/mol. The molecule has 0 fully saturated rings. The third-order valence-electron chi connectivity index (χ3n) is 4.14. The van der Waals surface area contributed by atoms with Crippen molar-refractivity contribution >= 4 is 21.6 Å². The van der Waals surface area contributed by atoms with Crippen LogP contribution in [0.15, 0.2) is 53.4 Å². The molecule has 1 unspecified atom stereocenters. The Hall–Kier alpha value is -2.78. The average Bonchev–Trinajstić information content (AvgIpc) is 2.61. The maximum absolute atomic E-state index is 12.6. The van der Waals surface area contributed by atoms with Gasteiger partial charge in [0.15, 0.2) is 0 Å².